The van der Waals surface area contributed by atoms with Crippen LogP contribution < -0.4 is 0 Å². The van der Waals surface area contributed by atoms with E-state index in [1.54, 1.807) is 6.08 Å². The Morgan fingerprint density at radius 1 is 1.42 bits per heavy atom. The standard InChI is InChI=1S/C7H11Cl2F2N/c8-2-1-4-12(5-3-9)6-7(10)11/h1-2,7H,3-6H2/b2-1+. The third-order valence-electron chi connectivity index (χ3n) is 1.25. The Bertz CT molecular complexity index is 131. The summed E-state index contributed by atoms with van der Waals surface area (Å²) >= 11 is 10.7. The van der Waals surface area contributed by atoms with Crippen molar-refractivity contribution in [1.29, 1.82) is 0 Å². The lowest BCUT2D eigenvalue weighted by molar-refractivity contribution is 0.0966. The molecular weight excluding hydrogens is 207 g/mol. The van der Waals surface area contributed by atoms with Crippen LogP contribution in [0, 0.1) is 0 Å². The molecule has 72 valence electrons. The van der Waals surface area contributed by atoms with Gasteiger partial charge in [-0.15, -0.1) is 11.6 Å². The van der Waals surface area contributed by atoms with Crippen LogP contribution in [0.3, 0.4) is 0 Å². The number of rotatable bonds is 6. The largest absolute Gasteiger partial charge is 0.293 e. The van der Waals surface area contributed by atoms with Crippen LogP contribution in [0.1, 0.15) is 0 Å². The summed E-state index contributed by atoms with van der Waals surface area (Å²) in [4.78, 5) is 1.54. The van der Waals surface area contributed by atoms with Gasteiger partial charge in [-0.1, -0.05) is 17.7 Å². The van der Waals surface area contributed by atoms with Gasteiger partial charge in [0.05, 0.1) is 6.54 Å². The zero-order chi connectivity index (χ0) is 9.40. The molecule has 0 radical (unpaired) electrons. The number of hydrogen-bond acceptors (Lipinski definition) is 1. The highest BCUT2D eigenvalue weighted by atomic mass is 35.5. The van der Waals surface area contributed by atoms with Gasteiger partial charge >= 0.3 is 0 Å². The van der Waals surface area contributed by atoms with Gasteiger partial charge in [0.15, 0.2) is 0 Å². The highest BCUT2D eigenvalue weighted by Crippen LogP contribution is 1.99. The Labute approximate surface area is 80.9 Å². The Morgan fingerprint density at radius 3 is 2.50 bits per heavy atom. The molecule has 0 heterocycles. The van der Waals surface area contributed by atoms with Gasteiger partial charge in [-0.2, -0.15) is 0 Å². The maximum absolute atomic E-state index is 11.9. The van der Waals surface area contributed by atoms with E-state index >= 15 is 0 Å². The summed E-state index contributed by atoms with van der Waals surface area (Å²) in [6.45, 7) is 0.613. The molecule has 0 saturated carbocycles. The lowest BCUT2D eigenvalue weighted by atomic mass is 10.4. The molecule has 0 aromatic rings. The molecule has 0 rings (SSSR count). The van der Waals surface area contributed by atoms with Crippen molar-refractivity contribution < 1.29 is 8.78 Å². The van der Waals surface area contributed by atoms with Crippen LogP contribution >= 0.6 is 23.2 Å². The SMILES string of the molecule is FC(F)CN(C/C=C/Cl)CCCl. The monoisotopic (exact) mass is 217 g/mol. The molecule has 12 heavy (non-hydrogen) atoms. The summed E-state index contributed by atoms with van der Waals surface area (Å²) in [5.41, 5.74) is 1.31. The molecule has 0 aliphatic carbocycles. The fraction of sp³-hybridized carbons (Fsp3) is 0.714. The van der Waals surface area contributed by atoms with Crippen LogP contribution in [-0.2, 0) is 0 Å². The Kier molecular flexibility index (Phi) is 7.86. The predicted octanol–water partition coefficient (Wildman–Crippen LogP) is 2.54. The van der Waals surface area contributed by atoms with Crippen molar-refractivity contribution in [1.82, 2.24) is 4.90 Å². The first-order chi connectivity index (χ1) is 5.70. The maximum atomic E-state index is 11.9. The number of hydrogen-bond donors (Lipinski definition) is 0. The molecule has 0 atom stereocenters. The quantitative estimate of drug-likeness (QED) is 0.619. The molecule has 0 aromatic heterocycles. The third-order valence-corrected chi connectivity index (χ3v) is 1.60. The summed E-state index contributed by atoms with van der Waals surface area (Å²) in [6, 6.07) is 0. The second-order valence-corrected chi connectivity index (χ2v) is 2.83. The predicted molar refractivity (Wildman–Crippen MR) is 48.2 cm³/mol. The highest BCUT2D eigenvalue weighted by Gasteiger charge is 2.09. The van der Waals surface area contributed by atoms with Crippen molar-refractivity contribution >= 4 is 23.2 Å². The number of halogens is 4. The minimum absolute atomic E-state index is 0.256. The number of nitrogens with zero attached hydrogens (tertiary/aromatic N) is 1. The fourth-order valence-corrected chi connectivity index (χ4v) is 1.08. The highest BCUT2D eigenvalue weighted by molar-refractivity contribution is 6.25. The van der Waals surface area contributed by atoms with Gasteiger partial charge in [0.2, 0.25) is 0 Å². The molecule has 5 heteroatoms. The zero-order valence-corrected chi connectivity index (χ0v) is 8.03. The Morgan fingerprint density at radius 2 is 2.08 bits per heavy atom. The summed E-state index contributed by atoms with van der Waals surface area (Å²) < 4.78 is 23.8. The fourth-order valence-electron chi connectivity index (χ4n) is 0.761. The maximum Gasteiger partial charge on any atom is 0.251 e. The van der Waals surface area contributed by atoms with Crippen molar-refractivity contribution in [3.63, 3.8) is 0 Å². The molecule has 0 saturated heterocycles. The molecule has 0 amide bonds. The van der Waals surface area contributed by atoms with E-state index in [2.05, 4.69) is 0 Å². The third kappa shape index (κ3) is 6.83. The first-order valence-corrected chi connectivity index (χ1v) is 4.49. The van der Waals surface area contributed by atoms with E-state index < -0.39 is 6.43 Å². The average Bonchev–Trinajstić information content (AvgIpc) is 2.00. The first-order valence-electron chi connectivity index (χ1n) is 3.52. The topological polar surface area (TPSA) is 3.24 Å². The molecule has 0 bridgehead atoms. The van der Waals surface area contributed by atoms with Crippen molar-refractivity contribution in [3.05, 3.63) is 11.6 Å². The van der Waals surface area contributed by atoms with Crippen molar-refractivity contribution in [2.45, 2.75) is 6.43 Å². The molecule has 0 N–H and O–H groups in total. The minimum Gasteiger partial charge on any atom is -0.293 e. The summed E-state index contributed by atoms with van der Waals surface area (Å²) in [7, 11) is 0. The van der Waals surface area contributed by atoms with Crippen LogP contribution in [0.25, 0.3) is 0 Å². The molecule has 0 aliphatic heterocycles. The lowest BCUT2D eigenvalue weighted by Crippen LogP contribution is -2.30. The van der Waals surface area contributed by atoms with Gasteiger partial charge in [-0.05, 0) is 0 Å². The van der Waals surface area contributed by atoms with E-state index in [9.17, 15) is 8.78 Å². The van der Waals surface area contributed by atoms with E-state index in [0.29, 0.717) is 19.0 Å². The number of alkyl halides is 3. The smallest absolute Gasteiger partial charge is 0.251 e. The molecule has 0 unspecified atom stereocenters. The Balaban J connectivity index is 3.69. The van der Waals surface area contributed by atoms with Crippen LogP contribution in [0.15, 0.2) is 11.6 Å². The van der Waals surface area contributed by atoms with Crippen LogP contribution in [0.4, 0.5) is 8.78 Å². The average molecular weight is 218 g/mol. The Hall–Kier alpha value is 0.140. The van der Waals surface area contributed by atoms with Gasteiger partial charge in [0.25, 0.3) is 6.43 Å². The van der Waals surface area contributed by atoms with Crippen molar-refractivity contribution in [2.24, 2.45) is 0 Å². The van der Waals surface area contributed by atoms with Crippen molar-refractivity contribution in [3.8, 4) is 0 Å². The first kappa shape index (κ1) is 12.1. The minimum atomic E-state index is -2.32. The lowest BCUT2D eigenvalue weighted by Gasteiger charge is -2.18. The summed E-state index contributed by atoms with van der Waals surface area (Å²) in [6.07, 6.45) is -0.715. The van der Waals surface area contributed by atoms with Crippen LogP contribution in [0.2, 0.25) is 0 Å². The van der Waals surface area contributed by atoms with E-state index in [4.69, 9.17) is 23.2 Å². The summed E-state index contributed by atoms with van der Waals surface area (Å²) in [5.74, 6) is 0.350. The van der Waals surface area contributed by atoms with Gasteiger partial charge in [0, 0.05) is 24.5 Å². The van der Waals surface area contributed by atoms with E-state index in [0.717, 1.165) is 0 Å². The molecule has 0 aliphatic rings. The van der Waals surface area contributed by atoms with E-state index in [1.807, 2.05) is 0 Å². The molecule has 0 spiro atoms. The normalized spacial score (nSPS) is 12.2. The van der Waals surface area contributed by atoms with Gasteiger partial charge in [-0.3, -0.25) is 4.90 Å². The van der Waals surface area contributed by atoms with Crippen LogP contribution in [0.5, 0.6) is 0 Å². The van der Waals surface area contributed by atoms with E-state index in [-0.39, 0.29) is 6.54 Å². The molecule has 0 aromatic carbocycles. The molecule has 1 nitrogen and oxygen atoms in total. The second kappa shape index (κ2) is 7.77. The van der Waals surface area contributed by atoms with Gasteiger partial charge in [0.1, 0.15) is 0 Å². The van der Waals surface area contributed by atoms with Crippen molar-refractivity contribution in [2.75, 3.05) is 25.5 Å². The second-order valence-electron chi connectivity index (χ2n) is 2.20. The van der Waals surface area contributed by atoms with Gasteiger partial charge < -0.3 is 0 Å². The molecular formula is C7H11Cl2F2N. The molecule has 0 fully saturated rings. The van der Waals surface area contributed by atoms with Gasteiger partial charge in [-0.25, -0.2) is 8.78 Å². The zero-order valence-electron chi connectivity index (χ0n) is 6.52. The van der Waals surface area contributed by atoms with E-state index in [1.165, 1.54) is 10.4 Å². The van der Waals surface area contributed by atoms with Crippen LogP contribution in [-0.4, -0.2) is 36.8 Å². The summed E-state index contributed by atoms with van der Waals surface area (Å²) in [5, 5.41) is 0.